The van der Waals surface area contributed by atoms with E-state index in [1.165, 1.54) is 0 Å². The second-order valence-corrected chi connectivity index (χ2v) is 3.13. The van der Waals surface area contributed by atoms with E-state index in [1.807, 2.05) is 19.1 Å². The van der Waals surface area contributed by atoms with Crippen LogP contribution in [0.3, 0.4) is 0 Å². The maximum Gasteiger partial charge on any atom is 0.0451 e. The molecule has 0 radical (unpaired) electrons. The van der Waals surface area contributed by atoms with Crippen LogP contribution in [-0.2, 0) is 5.54 Å². The Morgan fingerprint density at radius 3 is 2.92 bits per heavy atom. The number of pyridine rings is 1. The number of nitrogens with zero attached hydrogens (tertiary/aromatic N) is 1. The molecule has 0 aliphatic carbocycles. The minimum Gasteiger partial charge on any atom is -0.396 e. The van der Waals surface area contributed by atoms with Crippen molar-refractivity contribution in [3.63, 3.8) is 0 Å². The van der Waals surface area contributed by atoms with E-state index in [4.69, 9.17) is 10.8 Å². The van der Waals surface area contributed by atoms with E-state index in [0.717, 1.165) is 5.56 Å². The van der Waals surface area contributed by atoms with Crippen molar-refractivity contribution in [2.24, 2.45) is 5.73 Å². The van der Waals surface area contributed by atoms with Crippen LogP contribution < -0.4 is 5.73 Å². The molecule has 1 rings (SSSR count). The Hall–Kier alpha value is -0.930. The van der Waals surface area contributed by atoms with E-state index in [1.54, 1.807) is 12.4 Å². The summed E-state index contributed by atoms with van der Waals surface area (Å²) >= 11 is 0. The molecular formula is C9H14N2O. The molecule has 1 aromatic heterocycles. The maximum absolute atomic E-state index is 8.76. The molecule has 1 heterocycles. The van der Waals surface area contributed by atoms with Crippen molar-refractivity contribution >= 4 is 0 Å². The lowest BCUT2D eigenvalue weighted by molar-refractivity contribution is 0.247. The van der Waals surface area contributed by atoms with Gasteiger partial charge in [0.15, 0.2) is 0 Å². The molecular weight excluding hydrogens is 152 g/mol. The normalized spacial score (nSPS) is 15.6. The summed E-state index contributed by atoms with van der Waals surface area (Å²) in [5.74, 6) is 0. The average molecular weight is 166 g/mol. The smallest absolute Gasteiger partial charge is 0.0451 e. The Bertz CT molecular complexity index is 234. The molecule has 12 heavy (non-hydrogen) atoms. The second kappa shape index (κ2) is 3.65. The summed E-state index contributed by atoms with van der Waals surface area (Å²) in [4.78, 5) is 3.97. The third-order valence-corrected chi connectivity index (χ3v) is 1.95. The fraction of sp³-hybridized carbons (Fsp3) is 0.444. The molecule has 0 spiro atoms. The molecule has 3 nitrogen and oxygen atoms in total. The lowest BCUT2D eigenvalue weighted by Crippen LogP contribution is -2.34. The summed E-state index contributed by atoms with van der Waals surface area (Å²) in [5.41, 5.74) is 6.44. The summed E-state index contributed by atoms with van der Waals surface area (Å²) < 4.78 is 0. The Kier molecular flexibility index (Phi) is 2.78. The second-order valence-electron chi connectivity index (χ2n) is 3.13. The molecule has 0 saturated heterocycles. The Morgan fingerprint density at radius 1 is 1.67 bits per heavy atom. The van der Waals surface area contributed by atoms with Crippen molar-refractivity contribution in [3.05, 3.63) is 30.1 Å². The highest BCUT2D eigenvalue weighted by atomic mass is 16.3. The highest BCUT2D eigenvalue weighted by Crippen LogP contribution is 2.19. The van der Waals surface area contributed by atoms with Gasteiger partial charge < -0.3 is 10.8 Å². The number of nitrogens with two attached hydrogens (primary N) is 1. The molecule has 0 aromatic carbocycles. The van der Waals surface area contributed by atoms with Gasteiger partial charge >= 0.3 is 0 Å². The zero-order valence-corrected chi connectivity index (χ0v) is 7.20. The first-order valence-electron chi connectivity index (χ1n) is 3.97. The number of aliphatic hydroxyl groups excluding tert-OH is 1. The molecule has 66 valence electrons. The molecule has 3 N–H and O–H groups in total. The van der Waals surface area contributed by atoms with Crippen molar-refractivity contribution < 1.29 is 5.11 Å². The van der Waals surface area contributed by atoms with Crippen LogP contribution in [-0.4, -0.2) is 16.7 Å². The van der Waals surface area contributed by atoms with Gasteiger partial charge in [-0.05, 0) is 25.0 Å². The van der Waals surface area contributed by atoms with Gasteiger partial charge in [-0.3, -0.25) is 4.98 Å². The lowest BCUT2D eigenvalue weighted by Gasteiger charge is -2.23. The van der Waals surface area contributed by atoms with Crippen molar-refractivity contribution in [1.29, 1.82) is 0 Å². The molecule has 0 bridgehead atoms. The first-order valence-corrected chi connectivity index (χ1v) is 3.97. The van der Waals surface area contributed by atoms with Gasteiger partial charge in [0.1, 0.15) is 0 Å². The highest BCUT2D eigenvalue weighted by molar-refractivity contribution is 5.18. The van der Waals surface area contributed by atoms with Gasteiger partial charge in [-0.1, -0.05) is 6.07 Å². The third-order valence-electron chi connectivity index (χ3n) is 1.95. The predicted molar refractivity (Wildman–Crippen MR) is 47.5 cm³/mol. The summed E-state index contributed by atoms with van der Waals surface area (Å²) in [5, 5.41) is 8.76. The zero-order chi connectivity index (χ0) is 9.03. The van der Waals surface area contributed by atoms with E-state index in [2.05, 4.69) is 4.98 Å². The molecule has 1 aromatic rings. The third kappa shape index (κ3) is 2.03. The van der Waals surface area contributed by atoms with Gasteiger partial charge in [0, 0.05) is 24.5 Å². The highest BCUT2D eigenvalue weighted by Gasteiger charge is 2.19. The number of aliphatic hydroxyl groups is 1. The topological polar surface area (TPSA) is 59.1 Å². The number of aromatic nitrogens is 1. The van der Waals surface area contributed by atoms with Crippen LogP contribution in [0.1, 0.15) is 18.9 Å². The number of hydrogen-bond donors (Lipinski definition) is 2. The molecule has 0 aliphatic rings. The molecule has 1 atom stereocenters. The molecule has 0 fully saturated rings. The van der Waals surface area contributed by atoms with Crippen molar-refractivity contribution in [2.45, 2.75) is 18.9 Å². The first-order chi connectivity index (χ1) is 5.67. The van der Waals surface area contributed by atoms with Gasteiger partial charge in [0.05, 0.1) is 0 Å². The van der Waals surface area contributed by atoms with Crippen LogP contribution in [0.25, 0.3) is 0 Å². The standard InChI is InChI=1S/C9H14N2O/c1-9(10,4-6-12)8-3-2-5-11-7-8/h2-3,5,7,12H,4,6,10H2,1H3. The summed E-state index contributed by atoms with van der Waals surface area (Å²) in [6.07, 6.45) is 3.99. The first kappa shape index (κ1) is 9.16. The Labute approximate surface area is 72.2 Å². The maximum atomic E-state index is 8.76. The van der Waals surface area contributed by atoms with Crippen LogP contribution in [0.5, 0.6) is 0 Å². The largest absolute Gasteiger partial charge is 0.396 e. The van der Waals surface area contributed by atoms with Crippen LogP contribution in [0.2, 0.25) is 0 Å². The summed E-state index contributed by atoms with van der Waals surface area (Å²) in [6, 6.07) is 3.76. The fourth-order valence-electron chi connectivity index (χ4n) is 1.08. The lowest BCUT2D eigenvalue weighted by atomic mass is 9.92. The molecule has 1 unspecified atom stereocenters. The molecule has 0 amide bonds. The van der Waals surface area contributed by atoms with Crippen LogP contribution in [0.4, 0.5) is 0 Å². The monoisotopic (exact) mass is 166 g/mol. The van der Waals surface area contributed by atoms with Crippen LogP contribution in [0, 0.1) is 0 Å². The van der Waals surface area contributed by atoms with E-state index >= 15 is 0 Å². The van der Waals surface area contributed by atoms with Gasteiger partial charge in [-0.15, -0.1) is 0 Å². The van der Waals surface area contributed by atoms with Gasteiger partial charge in [0.2, 0.25) is 0 Å². The van der Waals surface area contributed by atoms with E-state index in [0.29, 0.717) is 6.42 Å². The number of hydrogen-bond acceptors (Lipinski definition) is 3. The van der Waals surface area contributed by atoms with Crippen LogP contribution in [0.15, 0.2) is 24.5 Å². The minimum absolute atomic E-state index is 0.0991. The minimum atomic E-state index is -0.469. The molecule has 0 saturated carbocycles. The van der Waals surface area contributed by atoms with Crippen molar-refractivity contribution in [3.8, 4) is 0 Å². The van der Waals surface area contributed by atoms with E-state index in [-0.39, 0.29) is 6.61 Å². The van der Waals surface area contributed by atoms with Crippen molar-refractivity contribution in [1.82, 2.24) is 4.98 Å². The number of rotatable bonds is 3. The van der Waals surface area contributed by atoms with Crippen molar-refractivity contribution in [2.75, 3.05) is 6.61 Å². The van der Waals surface area contributed by atoms with Gasteiger partial charge in [-0.2, -0.15) is 0 Å². The molecule has 0 aliphatic heterocycles. The SMILES string of the molecule is CC(N)(CCO)c1cccnc1. The zero-order valence-electron chi connectivity index (χ0n) is 7.20. The molecule has 3 heteroatoms. The van der Waals surface area contributed by atoms with E-state index in [9.17, 15) is 0 Å². The Morgan fingerprint density at radius 2 is 2.42 bits per heavy atom. The van der Waals surface area contributed by atoms with E-state index < -0.39 is 5.54 Å². The summed E-state index contributed by atoms with van der Waals surface area (Å²) in [7, 11) is 0. The van der Waals surface area contributed by atoms with Gasteiger partial charge in [-0.25, -0.2) is 0 Å². The fourth-order valence-corrected chi connectivity index (χ4v) is 1.08. The average Bonchev–Trinajstić information content (AvgIpc) is 2.06. The summed E-state index contributed by atoms with van der Waals surface area (Å²) in [6.45, 7) is 1.99. The van der Waals surface area contributed by atoms with Crippen LogP contribution >= 0.6 is 0 Å². The quantitative estimate of drug-likeness (QED) is 0.692. The van der Waals surface area contributed by atoms with Gasteiger partial charge in [0.25, 0.3) is 0 Å². The Balaban J connectivity index is 2.82. The predicted octanol–water partition coefficient (Wildman–Crippen LogP) is 0.638.